The number of carbonyl (C=O) groups excluding carboxylic acids is 2. The molecule has 0 aromatic heterocycles. The Morgan fingerprint density at radius 2 is 1.61 bits per heavy atom. The quantitative estimate of drug-likeness (QED) is 0.826. The van der Waals surface area contributed by atoms with Crippen molar-refractivity contribution in [1.29, 1.82) is 0 Å². The van der Waals surface area contributed by atoms with Crippen molar-refractivity contribution < 1.29 is 9.59 Å². The second-order valence-corrected chi connectivity index (χ2v) is 7.83. The third kappa shape index (κ3) is 5.12. The maximum atomic E-state index is 13.2. The maximum Gasteiger partial charge on any atom is 0.320 e. The molecule has 3 amide bonds. The van der Waals surface area contributed by atoms with Crippen molar-refractivity contribution in [3.05, 3.63) is 65.2 Å². The van der Waals surface area contributed by atoms with Crippen LogP contribution in [0.25, 0.3) is 0 Å². The molecule has 0 bridgehead atoms. The molecule has 1 aliphatic heterocycles. The van der Waals surface area contributed by atoms with Gasteiger partial charge in [-0.3, -0.25) is 4.79 Å². The molecule has 28 heavy (non-hydrogen) atoms. The lowest BCUT2D eigenvalue weighted by Crippen LogP contribution is -2.46. The fourth-order valence-electron chi connectivity index (χ4n) is 3.69. The minimum Gasteiger partial charge on any atom is -0.341 e. The van der Waals surface area contributed by atoms with Gasteiger partial charge in [0.2, 0.25) is 5.91 Å². The molecule has 1 atom stereocenters. The van der Waals surface area contributed by atoms with Crippen molar-refractivity contribution in [3.63, 3.8) is 0 Å². The molecule has 0 radical (unpaired) electrons. The van der Waals surface area contributed by atoms with Gasteiger partial charge in [-0.05, 0) is 61.4 Å². The van der Waals surface area contributed by atoms with E-state index in [2.05, 4.69) is 23.6 Å². The van der Waals surface area contributed by atoms with Crippen LogP contribution in [-0.4, -0.2) is 29.9 Å². The van der Waals surface area contributed by atoms with E-state index in [0.717, 1.165) is 48.3 Å². The Kier molecular flexibility index (Phi) is 6.34. The standard InChI is InChI=1S/C23H29N3O2/c1-16-9-11-26(12-10-16)22(27)21(19-7-5-4-6-8-19)25-23(28)24-20-14-17(2)13-18(3)15-20/h4-8,13-16,21H,9-12H2,1-3H3,(H2,24,25,28). The zero-order chi connectivity index (χ0) is 20.1. The van der Waals surface area contributed by atoms with Gasteiger partial charge >= 0.3 is 6.03 Å². The van der Waals surface area contributed by atoms with Crippen LogP contribution in [0.1, 0.15) is 42.5 Å². The van der Waals surface area contributed by atoms with E-state index in [0.29, 0.717) is 5.92 Å². The monoisotopic (exact) mass is 379 g/mol. The molecule has 1 heterocycles. The van der Waals surface area contributed by atoms with Gasteiger partial charge in [0.05, 0.1) is 0 Å². The topological polar surface area (TPSA) is 61.4 Å². The Balaban J connectivity index is 1.75. The number of nitrogens with one attached hydrogen (secondary N) is 2. The molecule has 5 heteroatoms. The number of hydrogen-bond acceptors (Lipinski definition) is 2. The summed E-state index contributed by atoms with van der Waals surface area (Å²) in [5, 5.41) is 5.76. The predicted molar refractivity (Wildman–Crippen MR) is 112 cm³/mol. The number of benzene rings is 2. The average molecular weight is 380 g/mol. The lowest BCUT2D eigenvalue weighted by Gasteiger charge is -2.33. The highest BCUT2D eigenvalue weighted by atomic mass is 16.2. The van der Waals surface area contributed by atoms with Gasteiger partial charge < -0.3 is 15.5 Å². The summed E-state index contributed by atoms with van der Waals surface area (Å²) in [4.78, 5) is 27.7. The second kappa shape index (κ2) is 8.91. The van der Waals surface area contributed by atoms with Crippen LogP contribution in [-0.2, 0) is 4.79 Å². The highest BCUT2D eigenvalue weighted by Crippen LogP contribution is 2.22. The van der Waals surface area contributed by atoms with Gasteiger partial charge in [-0.2, -0.15) is 0 Å². The number of aryl methyl sites for hydroxylation is 2. The summed E-state index contributed by atoms with van der Waals surface area (Å²) in [6.45, 7) is 7.67. The molecule has 2 aromatic rings. The Bertz CT molecular complexity index is 807. The molecule has 0 saturated carbocycles. The lowest BCUT2D eigenvalue weighted by molar-refractivity contribution is -0.134. The summed E-state index contributed by atoms with van der Waals surface area (Å²) in [5.41, 5.74) is 3.67. The number of piperidine rings is 1. The first-order chi connectivity index (χ1) is 13.4. The Morgan fingerprint density at radius 1 is 1.00 bits per heavy atom. The molecule has 5 nitrogen and oxygen atoms in total. The van der Waals surface area contributed by atoms with Gasteiger partial charge in [-0.25, -0.2) is 4.79 Å². The molecular formula is C23H29N3O2. The van der Waals surface area contributed by atoms with E-state index in [4.69, 9.17) is 0 Å². The first-order valence-electron chi connectivity index (χ1n) is 9.92. The fraction of sp³-hybridized carbons (Fsp3) is 0.391. The highest BCUT2D eigenvalue weighted by molar-refractivity contribution is 5.94. The molecule has 0 aliphatic carbocycles. The number of nitrogens with zero attached hydrogens (tertiary/aromatic N) is 1. The second-order valence-electron chi connectivity index (χ2n) is 7.83. The van der Waals surface area contributed by atoms with Gasteiger partial charge in [0.15, 0.2) is 0 Å². The van der Waals surface area contributed by atoms with Crippen LogP contribution in [0.2, 0.25) is 0 Å². The number of rotatable bonds is 4. The van der Waals surface area contributed by atoms with Crippen LogP contribution in [0.15, 0.2) is 48.5 Å². The molecule has 3 rings (SSSR count). The summed E-state index contributed by atoms with van der Waals surface area (Å²) in [6, 6.07) is 14.3. The van der Waals surface area contributed by atoms with Crippen LogP contribution in [0.3, 0.4) is 0 Å². The van der Waals surface area contributed by atoms with Gasteiger partial charge in [0, 0.05) is 18.8 Å². The highest BCUT2D eigenvalue weighted by Gasteiger charge is 2.29. The van der Waals surface area contributed by atoms with Crippen LogP contribution >= 0.6 is 0 Å². The lowest BCUT2D eigenvalue weighted by atomic mass is 9.97. The molecule has 0 spiro atoms. The number of hydrogen-bond donors (Lipinski definition) is 2. The zero-order valence-electron chi connectivity index (χ0n) is 16.9. The SMILES string of the molecule is Cc1cc(C)cc(NC(=O)NC(C(=O)N2CCC(C)CC2)c2ccccc2)c1. The van der Waals surface area contributed by atoms with E-state index in [-0.39, 0.29) is 11.9 Å². The van der Waals surface area contributed by atoms with Crippen molar-refractivity contribution in [3.8, 4) is 0 Å². The predicted octanol–water partition coefficient (Wildman–Crippen LogP) is 4.42. The average Bonchev–Trinajstić information content (AvgIpc) is 2.66. The Morgan fingerprint density at radius 3 is 2.21 bits per heavy atom. The molecular weight excluding hydrogens is 350 g/mol. The van der Waals surface area contributed by atoms with Crippen LogP contribution in [0.5, 0.6) is 0 Å². The van der Waals surface area contributed by atoms with Crippen LogP contribution in [0, 0.1) is 19.8 Å². The molecule has 1 aliphatic rings. The Labute approximate surface area is 167 Å². The number of likely N-dealkylation sites (tertiary alicyclic amines) is 1. The van der Waals surface area contributed by atoms with Crippen molar-refractivity contribution in [2.75, 3.05) is 18.4 Å². The summed E-state index contributed by atoms with van der Waals surface area (Å²) < 4.78 is 0. The van der Waals surface area contributed by atoms with Crippen molar-refractivity contribution in [2.24, 2.45) is 5.92 Å². The van der Waals surface area contributed by atoms with Crippen molar-refractivity contribution in [2.45, 2.75) is 39.7 Å². The number of urea groups is 1. The minimum atomic E-state index is -0.694. The number of anilines is 1. The van der Waals surface area contributed by atoms with Gasteiger partial charge in [-0.1, -0.05) is 43.3 Å². The van der Waals surface area contributed by atoms with Crippen LogP contribution in [0.4, 0.5) is 10.5 Å². The largest absolute Gasteiger partial charge is 0.341 e. The fourth-order valence-corrected chi connectivity index (χ4v) is 3.69. The third-order valence-electron chi connectivity index (χ3n) is 5.23. The van der Waals surface area contributed by atoms with Crippen LogP contribution < -0.4 is 10.6 Å². The first-order valence-corrected chi connectivity index (χ1v) is 9.92. The molecule has 1 fully saturated rings. The van der Waals surface area contributed by atoms with Crippen molar-refractivity contribution in [1.82, 2.24) is 10.2 Å². The number of carbonyl (C=O) groups is 2. The summed E-state index contributed by atoms with van der Waals surface area (Å²) in [5.74, 6) is 0.591. The molecule has 2 aromatic carbocycles. The summed E-state index contributed by atoms with van der Waals surface area (Å²) in [6.07, 6.45) is 2.00. The van der Waals surface area contributed by atoms with Gasteiger partial charge in [0.1, 0.15) is 6.04 Å². The molecule has 1 saturated heterocycles. The first kappa shape index (κ1) is 19.9. The van der Waals surface area contributed by atoms with E-state index in [1.165, 1.54) is 0 Å². The zero-order valence-corrected chi connectivity index (χ0v) is 16.9. The van der Waals surface area contributed by atoms with Gasteiger partial charge in [-0.15, -0.1) is 0 Å². The Hall–Kier alpha value is -2.82. The minimum absolute atomic E-state index is 0.0475. The normalized spacial score (nSPS) is 15.8. The number of amides is 3. The molecule has 2 N–H and O–H groups in total. The van der Waals surface area contributed by atoms with E-state index in [1.807, 2.05) is 61.2 Å². The maximum absolute atomic E-state index is 13.2. The van der Waals surface area contributed by atoms with E-state index in [1.54, 1.807) is 0 Å². The van der Waals surface area contributed by atoms with E-state index >= 15 is 0 Å². The summed E-state index contributed by atoms with van der Waals surface area (Å²) >= 11 is 0. The molecule has 1 unspecified atom stereocenters. The van der Waals surface area contributed by atoms with E-state index in [9.17, 15) is 9.59 Å². The van der Waals surface area contributed by atoms with Crippen molar-refractivity contribution >= 4 is 17.6 Å². The third-order valence-corrected chi connectivity index (χ3v) is 5.23. The van der Waals surface area contributed by atoms with Gasteiger partial charge in [0.25, 0.3) is 0 Å². The van der Waals surface area contributed by atoms with E-state index < -0.39 is 6.04 Å². The molecule has 148 valence electrons. The smallest absolute Gasteiger partial charge is 0.320 e. The summed E-state index contributed by atoms with van der Waals surface area (Å²) in [7, 11) is 0.